The molecule has 0 radical (unpaired) electrons. The Labute approximate surface area is 179 Å². The van der Waals surface area contributed by atoms with Crippen molar-refractivity contribution in [1.82, 2.24) is 0 Å². The van der Waals surface area contributed by atoms with E-state index in [1.165, 1.54) is 6.07 Å². The fraction of sp³-hybridized carbons (Fsp3) is 0.136. The highest BCUT2D eigenvalue weighted by atomic mass is 79.9. The second-order valence-electron chi connectivity index (χ2n) is 6.93. The van der Waals surface area contributed by atoms with E-state index >= 15 is 0 Å². The van der Waals surface area contributed by atoms with Gasteiger partial charge in [-0.3, -0.25) is 9.52 Å². The topological polar surface area (TPSA) is 75.3 Å². The van der Waals surface area contributed by atoms with Gasteiger partial charge in [0.1, 0.15) is 0 Å². The molecule has 0 heterocycles. The molecule has 0 saturated heterocycles. The van der Waals surface area contributed by atoms with Crippen molar-refractivity contribution in [3.8, 4) is 0 Å². The molecule has 3 aromatic carbocycles. The minimum absolute atomic E-state index is 0.0681. The third-order valence-electron chi connectivity index (χ3n) is 4.30. The van der Waals surface area contributed by atoms with Crippen molar-refractivity contribution in [2.75, 3.05) is 10.0 Å². The van der Waals surface area contributed by atoms with Gasteiger partial charge in [-0.1, -0.05) is 34.1 Å². The maximum atomic E-state index is 13.0. The van der Waals surface area contributed by atoms with Gasteiger partial charge in [-0.15, -0.1) is 0 Å². The van der Waals surface area contributed by atoms with Crippen LogP contribution in [0.1, 0.15) is 27.0 Å². The molecule has 3 aromatic rings. The average Bonchev–Trinajstić information content (AvgIpc) is 2.60. The Kier molecular flexibility index (Phi) is 6.10. The summed E-state index contributed by atoms with van der Waals surface area (Å²) in [4.78, 5) is 12.7. The summed E-state index contributed by atoms with van der Waals surface area (Å²) < 4.78 is 29.4. The number of nitrogens with one attached hydrogen (secondary N) is 2. The van der Waals surface area contributed by atoms with E-state index in [0.717, 1.165) is 15.6 Å². The number of carbonyl (C=O) groups excluding carboxylic acids is 1. The van der Waals surface area contributed by atoms with E-state index in [1.807, 2.05) is 26.0 Å². The predicted molar refractivity (Wildman–Crippen MR) is 120 cm³/mol. The van der Waals surface area contributed by atoms with E-state index in [4.69, 9.17) is 0 Å². The van der Waals surface area contributed by atoms with Gasteiger partial charge in [0, 0.05) is 21.4 Å². The number of hydrogen-bond donors (Lipinski definition) is 2. The first-order valence-electron chi connectivity index (χ1n) is 8.93. The maximum absolute atomic E-state index is 13.0. The molecule has 29 heavy (non-hydrogen) atoms. The van der Waals surface area contributed by atoms with Crippen molar-refractivity contribution in [2.24, 2.45) is 0 Å². The van der Waals surface area contributed by atoms with E-state index in [1.54, 1.807) is 49.4 Å². The summed E-state index contributed by atoms with van der Waals surface area (Å²) in [6.07, 6.45) is 0. The molecule has 0 aliphatic heterocycles. The fourth-order valence-corrected chi connectivity index (χ4v) is 4.76. The van der Waals surface area contributed by atoms with Crippen LogP contribution in [-0.4, -0.2) is 14.3 Å². The molecule has 0 atom stereocenters. The number of aryl methyl sites for hydroxylation is 3. The first-order valence-corrected chi connectivity index (χ1v) is 11.2. The standard InChI is InChI=1S/C22H21BrN2O3S/c1-14-9-15(2)11-20(10-14)25-29(27,28)21-12-17(8-7-16(21)3)22(26)24-19-6-4-5-18(23)13-19/h4-13,25H,1-3H3,(H,24,26). The zero-order valence-electron chi connectivity index (χ0n) is 16.3. The Morgan fingerprint density at radius 1 is 0.862 bits per heavy atom. The number of benzene rings is 3. The zero-order valence-corrected chi connectivity index (χ0v) is 18.7. The van der Waals surface area contributed by atoms with Crippen molar-refractivity contribution < 1.29 is 13.2 Å². The smallest absolute Gasteiger partial charge is 0.262 e. The third kappa shape index (κ3) is 5.25. The van der Waals surface area contributed by atoms with Crippen molar-refractivity contribution in [1.29, 1.82) is 0 Å². The van der Waals surface area contributed by atoms with Crippen LogP contribution >= 0.6 is 15.9 Å². The molecular formula is C22H21BrN2O3S. The minimum atomic E-state index is -3.85. The molecule has 2 N–H and O–H groups in total. The van der Waals surface area contributed by atoms with E-state index in [0.29, 0.717) is 16.9 Å². The van der Waals surface area contributed by atoms with E-state index in [2.05, 4.69) is 26.0 Å². The summed E-state index contributed by atoms with van der Waals surface area (Å²) in [7, 11) is -3.85. The van der Waals surface area contributed by atoms with Crippen LogP contribution in [-0.2, 0) is 10.0 Å². The number of halogens is 1. The number of sulfonamides is 1. The van der Waals surface area contributed by atoms with Gasteiger partial charge in [0.2, 0.25) is 0 Å². The molecule has 7 heteroatoms. The van der Waals surface area contributed by atoms with Crippen LogP contribution in [0.5, 0.6) is 0 Å². The van der Waals surface area contributed by atoms with Gasteiger partial charge in [-0.25, -0.2) is 8.42 Å². The van der Waals surface area contributed by atoms with Gasteiger partial charge < -0.3 is 5.32 Å². The van der Waals surface area contributed by atoms with Gasteiger partial charge in [0.05, 0.1) is 4.90 Å². The minimum Gasteiger partial charge on any atom is -0.322 e. The number of rotatable bonds is 5. The molecule has 1 amide bonds. The summed E-state index contributed by atoms with van der Waals surface area (Å²) in [5.41, 5.74) is 3.84. The summed E-state index contributed by atoms with van der Waals surface area (Å²) in [5.74, 6) is -0.383. The highest BCUT2D eigenvalue weighted by molar-refractivity contribution is 9.10. The Hall–Kier alpha value is -2.64. The molecule has 5 nitrogen and oxygen atoms in total. The first kappa shape index (κ1) is 21.1. The van der Waals surface area contributed by atoms with Gasteiger partial charge in [-0.2, -0.15) is 0 Å². The second-order valence-corrected chi connectivity index (χ2v) is 9.49. The monoisotopic (exact) mass is 472 g/mol. The molecule has 0 bridgehead atoms. The first-order chi connectivity index (χ1) is 13.6. The molecule has 0 fully saturated rings. The lowest BCUT2D eigenvalue weighted by Crippen LogP contribution is -2.17. The highest BCUT2D eigenvalue weighted by Crippen LogP contribution is 2.23. The van der Waals surface area contributed by atoms with Gasteiger partial charge in [-0.05, 0) is 79.9 Å². The van der Waals surface area contributed by atoms with E-state index in [-0.39, 0.29) is 16.4 Å². The van der Waals surface area contributed by atoms with Gasteiger partial charge in [0.15, 0.2) is 0 Å². The fourth-order valence-electron chi connectivity index (χ4n) is 3.04. The summed E-state index contributed by atoms with van der Waals surface area (Å²) >= 11 is 3.36. The Morgan fingerprint density at radius 2 is 1.55 bits per heavy atom. The Morgan fingerprint density at radius 3 is 2.21 bits per heavy atom. The van der Waals surface area contributed by atoms with Crippen molar-refractivity contribution in [3.05, 3.63) is 87.4 Å². The summed E-state index contributed by atoms with van der Waals surface area (Å²) in [6, 6.07) is 17.3. The van der Waals surface area contributed by atoms with Gasteiger partial charge in [0.25, 0.3) is 15.9 Å². The van der Waals surface area contributed by atoms with Crippen LogP contribution in [0.4, 0.5) is 11.4 Å². The van der Waals surface area contributed by atoms with Crippen molar-refractivity contribution in [2.45, 2.75) is 25.7 Å². The molecule has 3 rings (SSSR count). The Bertz CT molecular complexity index is 1170. The maximum Gasteiger partial charge on any atom is 0.262 e. The normalized spacial score (nSPS) is 11.2. The molecular weight excluding hydrogens is 452 g/mol. The SMILES string of the molecule is Cc1cc(C)cc(NS(=O)(=O)c2cc(C(=O)Nc3cccc(Br)c3)ccc2C)c1. The molecule has 150 valence electrons. The van der Waals surface area contributed by atoms with Crippen LogP contribution < -0.4 is 10.0 Å². The highest BCUT2D eigenvalue weighted by Gasteiger charge is 2.20. The number of carbonyl (C=O) groups is 1. The molecule has 0 saturated carbocycles. The predicted octanol–water partition coefficient (Wildman–Crippen LogP) is 5.43. The lowest BCUT2D eigenvalue weighted by Gasteiger charge is -2.13. The van der Waals surface area contributed by atoms with Crippen LogP contribution in [0.2, 0.25) is 0 Å². The second kappa shape index (κ2) is 8.39. The van der Waals surface area contributed by atoms with Crippen molar-refractivity contribution in [3.63, 3.8) is 0 Å². The largest absolute Gasteiger partial charge is 0.322 e. The van der Waals surface area contributed by atoms with Gasteiger partial charge >= 0.3 is 0 Å². The molecule has 0 unspecified atom stereocenters. The average molecular weight is 473 g/mol. The quantitative estimate of drug-likeness (QED) is 0.519. The van der Waals surface area contributed by atoms with Crippen LogP contribution in [0, 0.1) is 20.8 Å². The van der Waals surface area contributed by atoms with E-state index < -0.39 is 10.0 Å². The number of hydrogen-bond acceptors (Lipinski definition) is 3. The van der Waals surface area contributed by atoms with Crippen LogP contribution in [0.25, 0.3) is 0 Å². The zero-order chi connectivity index (χ0) is 21.2. The summed E-state index contributed by atoms with van der Waals surface area (Å²) in [6.45, 7) is 5.51. The number of anilines is 2. The van der Waals surface area contributed by atoms with E-state index in [9.17, 15) is 13.2 Å². The third-order valence-corrected chi connectivity index (χ3v) is 6.31. The molecule has 0 aliphatic rings. The lowest BCUT2D eigenvalue weighted by molar-refractivity contribution is 0.102. The summed E-state index contributed by atoms with van der Waals surface area (Å²) in [5, 5.41) is 2.78. The Balaban J connectivity index is 1.90. The molecule has 0 aliphatic carbocycles. The molecule has 0 aromatic heterocycles. The van der Waals surface area contributed by atoms with Crippen molar-refractivity contribution >= 4 is 43.2 Å². The lowest BCUT2D eigenvalue weighted by atomic mass is 10.1. The van der Waals surface area contributed by atoms with Crippen LogP contribution in [0.15, 0.2) is 70.0 Å². The molecule has 0 spiro atoms. The number of amides is 1. The van der Waals surface area contributed by atoms with Crippen LogP contribution in [0.3, 0.4) is 0 Å².